The SMILES string of the molecule is FCc1ccc(CNc2ccc(Cc3c[nH]c4ncccc34)cn2)cc1. The Labute approximate surface area is 151 Å². The second-order valence-corrected chi connectivity index (χ2v) is 6.25. The van der Waals surface area contributed by atoms with Crippen molar-refractivity contribution in [3.63, 3.8) is 0 Å². The lowest BCUT2D eigenvalue weighted by molar-refractivity contribution is 0.485. The maximum Gasteiger partial charge on any atom is 0.137 e. The van der Waals surface area contributed by atoms with Crippen LogP contribution in [0.2, 0.25) is 0 Å². The summed E-state index contributed by atoms with van der Waals surface area (Å²) in [4.78, 5) is 12.0. The van der Waals surface area contributed by atoms with Crippen molar-refractivity contribution in [2.75, 3.05) is 5.32 Å². The van der Waals surface area contributed by atoms with Gasteiger partial charge in [-0.15, -0.1) is 0 Å². The first-order valence-electron chi connectivity index (χ1n) is 8.55. The number of nitrogens with zero attached hydrogens (tertiary/aromatic N) is 2. The molecule has 0 amide bonds. The monoisotopic (exact) mass is 346 g/mol. The number of benzene rings is 1. The normalized spacial score (nSPS) is 11.0. The van der Waals surface area contributed by atoms with E-state index in [1.54, 1.807) is 6.20 Å². The highest BCUT2D eigenvalue weighted by molar-refractivity contribution is 5.79. The number of hydrogen-bond donors (Lipinski definition) is 2. The van der Waals surface area contributed by atoms with Crippen LogP contribution in [0.3, 0.4) is 0 Å². The van der Waals surface area contributed by atoms with Gasteiger partial charge in [-0.2, -0.15) is 0 Å². The highest BCUT2D eigenvalue weighted by atomic mass is 19.1. The lowest BCUT2D eigenvalue weighted by Crippen LogP contribution is -2.01. The molecular formula is C21H19FN4. The smallest absolute Gasteiger partial charge is 0.137 e. The number of nitrogens with one attached hydrogen (secondary N) is 2. The zero-order valence-electron chi connectivity index (χ0n) is 14.2. The van der Waals surface area contributed by atoms with Crippen molar-refractivity contribution in [3.05, 3.63) is 89.4 Å². The minimum Gasteiger partial charge on any atom is -0.366 e. The molecule has 0 fully saturated rings. The third-order valence-corrected chi connectivity index (χ3v) is 4.41. The number of H-pyrrole nitrogens is 1. The molecule has 26 heavy (non-hydrogen) atoms. The fraction of sp³-hybridized carbons (Fsp3) is 0.143. The summed E-state index contributed by atoms with van der Waals surface area (Å²) < 4.78 is 12.5. The lowest BCUT2D eigenvalue weighted by Gasteiger charge is -2.07. The van der Waals surface area contributed by atoms with Gasteiger partial charge in [-0.25, -0.2) is 14.4 Å². The first-order valence-corrected chi connectivity index (χ1v) is 8.55. The minimum absolute atomic E-state index is 0.427. The maximum atomic E-state index is 12.5. The van der Waals surface area contributed by atoms with Crippen LogP contribution in [-0.4, -0.2) is 15.0 Å². The number of aromatic nitrogens is 3. The Morgan fingerprint density at radius 3 is 2.50 bits per heavy atom. The number of fused-ring (bicyclic) bond motifs is 1. The van der Waals surface area contributed by atoms with Crippen molar-refractivity contribution in [1.29, 1.82) is 0 Å². The summed E-state index contributed by atoms with van der Waals surface area (Å²) in [5, 5.41) is 4.44. The van der Waals surface area contributed by atoms with Crippen molar-refractivity contribution < 1.29 is 4.39 Å². The van der Waals surface area contributed by atoms with Crippen LogP contribution in [-0.2, 0) is 19.6 Å². The zero-order valence-corrected chi connectivity index (χ0v) is 14.2. The van der Waals surface area contributed by atoms with E-state index in [1.807, 2.05) is 48.8 Å². The number of pyridine rings is 2. The Hall–Kier alpha value is -3.21. The standard InChI is InChI=1S/C21H19FN4/c22-11-15-3-5-16(6-4-15)12-24-20-8-7-17(13-25-20)10-18-14-26-21-19(18)2-1-9-23-21/h1-9,13-14H,10-12H2,(H,23,26)(H,24,25). The van der Waals surface area contributed by atoms with E-state index in [-0.39, 0.29) is 0 Å². The van der Waals surface area contributed by atoms with Gasteiger partial charge in [0.2, 0.25) is 0 Å². The summed E-state index contributed by atoms with van der Waals surface area (Å²) >= 11 is 0. The second kappa shape index (κ2) is 7.35. The van der Waals surface area contributed by atoms with Crippen LogP contribution >= 0.6 is 0 Å². The molecule has 0 spiro atoms. The number of hydrogen-bond acceptors (Lipinski definition) is 3. The molecule has 0 atom stereocenters. The van der Waals surface area contributed by atoms with E-state index in [9.17, 15) is 4.39 Å². The molecule has 0 aliphatic carbocycles. The molecule has 4 aromatic rings. The number of alkyl halides is 1. The van der Waals surface area contributed by atoms with Gasteiger partial charge in [0, 0.05) is 36.9 Å². The van der Waals surface area contributed by atoms with Gasteiger partial charge in [0.25, 0.3) is 0 Å². The second-order valence-electron chi connectivity index (χ2n) is 6.25. The predicted molar refractivity (Wildman–Crippen MR) is 102 cm³/mol. The first kappa shape index (κ1) is 16.3. The molecule has 0 saturated carbocycles. The third kappa shape index (κ3) is 3.57. The minimum atomic E-state index is -0.427. The van der Waals surface area contributed by atoms with E-state index >= 15 is 0 Å². The van der Waals surface area contributed by atoms with Crippen LogP contribution in [0.4, 0.5) is 10.2 Å². The van der Waals surface area contributed by atoms with Crippen molar-refractivity contribution in [2.45, 2.75) is 19.6 Å². The third-order valence-electron chi connectivity index (χ3n) is 4.41. The molecule has 4 rings (SSSR count). The molecule has 3 heterocycles. The van der Waals surface area contributed by atoms with Gasteiger partial charge in [-0.05, 0) is 40.5 Å². The van der Waals surface area contributed by atoms with Crippen molar-refractivity contribution in [2.24, 2.45) is 0 Å². The van der Waals surface area contributed by atoms with Crippen molar-refractivity contribution in [3.8, 4) is 0 Å². The van der Waals surface area contributed by atoms with E-state index in [0.29, 0.717) is 12.1 Å². The molecule has 0 radical (unpaired) electrons. The number of rotatable bonds is 6. The molecule has 0 aliphatic rings. The Morgan fingerprint density at radius 1 is 0.923 bits per heavy atom. The van der Waals surface area contributed by atoms with E-state index in [1.165, 1.54) is 5.56 Å². The molecule has 0 bridgehead atoms. The summed E-state index contributed by atoms with van der Waals surface area (Å²) in [5.41, 5.74) is 5.06. The summed E-state index contributed by atoms with van der Waals surface area (Å²) in [7, 11) is 0. The average Bonchev–Trinajstić information content (AvgIpc) is 3.11. The van der Waals surface area contributed by atoms with Crippen molar-refractivity contribution in [1.82, 2.24) is 15.0 Å². The van der Waals surface area contributed by atoms with Gasteiger partial charge in [0.15, 0.2) is 0 Å². The highest BCUT2D eigenvalue weighted by Crippen LogP contribution is 2.19. The van der Waals surface area contributed by atoms with Crippen LogP contribution in [0.1, 0.15) is 22.3 Å². The average molecular weight is 346 g/mol. The molecule has 4 nitrogen and oxygen atoms in total. The van der Waals surface area contributed by atoms with Crippen LogP contribution in [0.5, 0.6) is 0 Å². The molecule has 1 aromatic carbocycles. The molecule has 2 N–H and O–H groups in total. The quantitative estimate of drug-likeness (QED) is 0.535. The number of halogens is 1. The Balaban J connectivity index is 1.40. The van der Waals surface area contributed by atoms with Crippen LogP contribution in [0.25, 0.3) is 11.0 Å². The maximum absolute atomic E-state index is 12.5. The Kier molecular flexibility index (Phi) is 4.60. The van der Waals surface area contributed by atoms with Crippen molar-refractivity contribution >= 4 is 16.9 Å². The molecular weight excluding hydrogens is 327 g/mol. The van der Waals surface area contributed by atoms with Crippen LogP contribution < -0.4 is 5.32 Å². The number of aromatic amines is 1. The molecule has 130 valence electrons. The Morgan fingerprint density at radius 2 is 1.73 bits per heavy atom. The summed E-state index contributed by atoms with van der Waals surface area (Å²) in [5.74, 6) is 0.823. The Bertz CT molecular complexity index is 991. The van der Waals surface area contributed by atoms with Crippen LogP contribution in [0, 0.1) is 0 Å². The van der Waals surface area contributed by atoms with E-state index in [2.05, 4.69) is 32.4 Å². The molecule has 0 aliphatic heterocycles. The van der Waals surface area contributed by atoms with E-state index in [4.69, 9.17) is 0 Å². The van der Waals surface area contributed by atoms with Crippen LogP contribution in [0.15, 0.2) is 67.1 Å². The predicted octanol–water partition coefficient (Wildman–Crippen LogP) is 4.63. The largest absolute Gasteiger partial charge is 0.366 e. The molecule has 0 unspecified atom stereocenters. The van der Waals surface area contributed by atoms with Gasteiger partial charge < -0.3 is 10.3 Å². The number of anilines is 1. The lowest BCUT2D eigenvalue weighted by atomic mass is 10.1. The molecule has 5 heteroatoms. The first-order chi connectivity index (χ1) is 12.8. The summed E-state index contributed by atoms with van der Waals surface area (Å²) in [6, 6.07) is 15.6. The van der Waals surface area contributed by atoms with Gasteiger partial charge in [-0.1, -0.05) is 30.3 Å². The highest BCUT2D eigenvalue weighted by Gasteiger charge is 2.05. The van der Waals surface area contributed by atoms with Gasteiger partial charge in [-0.3, -0.25) is 0 Å². The van der Waals surface area contributed by atoms with Gasteiger partial charge >= 0.3 is 0 Å². The fourth-order valence-electron chi connectivity index (χ4n) is 2.95. The van der Waals surface area contributed by atoms with E-state index < -0.39 is 6.67 Å². The molecule has 3 aromatic heterocycles. The van der Waals surface area contributed by atoms with Gasteiger partial charge in [0.05, 0.1) is 0 Å². The fourth-order valence-corrected chi connectivity index (χ4v) is 2.95. The topological polar surface area (TPSA) is 53.6 Å². The zero-order chi connectivity index (χ0) is 17.8. The van der Waals surface area contributed by atoms with Gasteiger partial charge in [0.1, 0.15) is 18.1 Å². The molecule has 0 saturated heterocycles. The van der Waals surface area contributed by atoms with E-state index in [0.717, 1.165) is 34.4 Å². The summed E-state index contributed by atoms with van der Waals surface area (Å²) in [6.07, 6.45) is 6.49. The summed E-state index contributed by atoms with van der Waals surface area (Å²) in [6.45, 7) is 0.232.